The number of nitrogens with zero attached hydrogens (tertiary/aromatic N) is 3. The van der Waals surface area contributed by atoms with Crippen LogP contribution in [0.2, 0.25) is 5.28 Å². The van der Waals surface area contributed by atoms with Crippen molar-refractivity contribution in [1.29, 1.82) is 0 Å². The molecule has 124 valence electrons. The molecule has 2 heterocycles. The van der Waals surface area contributed by atoms with Gasteiger partial charge in [0.1, 0.15) is 5.82 Å². The minimum atomic E-state index is -3.23. The van der Waals surface area contributed by atoms with Gasteiger partial charge in [-0.2, -0.15) is 4.31 Å². The monoisotopic (exact) mass is 351 g/mol. The molecule has 1 amide bonds. The van der Waals surface area contributed by atoms with Crippen LogP contribution in [-0.4, -0.2) is 72.4 Å². The molecule has 1 aliphatic rings. The maximum Gasteiger partial charge on any atom is 0.242 e. The summed E-state index contributed by atoms with van der Waals surface area (Å²) in [4.78, 5) is 15.6. The summed E-state index contributed by atoms with van der Waals surface area (Å²) in [5.74, 6) is 0.366. The molecule has 1 atom stereocenters. The Bertz CT molecular complexity index is 620. The number of morpholine rings is 1. The standard InChI is InChI=1S/C11H18ClN5O4S/c1-22(19,20)17-4-5-21-8(7-17)6-13-10(18)3-2-9-14-11(12)16-15-9/h8H,2-7H2,1H3,(H,13,18)(H,14,15,16)/t8-/m0/s1. The molecule has 0 unspecified atom stereocenters. The summed E-state index contributed by atoms with van der Waals surface area (Å²) in [6.07, 6.45) is 1.45. The SMILES string of the molecule is CS(=O)(=O)N1CCO[C@@H](CNC(=O)CCc2nc(Cl)n[nH]2)C1. The van der Waals surface area contributed by atoms with E-state index in [1.807, 2.05) is 0 Å². The van der Waals surface area contributed by atoms with Gasteiger partial charge in [0.15, 0.2) is 0 Å². The molecule has 0 radical (unpaired) electrons. The Balaban J connectivity index is 1.71. The Hall–Kier alpha value is -1.23. The van der Waals surface area contributed by atoms with E-state index in [9.17, 15) is 13.2 Å². The predicted octanol–water partition coefficient (Wildman–Crippen LogP) is -0.833. The van der Waals surface area contributed by atoms with Crippen LogP contribution in [0.5, 0.6) is 0 Å². The summed E-state index contributed by atoms with van der Waals surface area (Å²) in [5, 5.41) is 9.12. The second-order valence-electron chi connectivity index (χ2n) is 4.97. The smallest absolute Gasteiger partial charge is 0.242 e. The molecular weight excluding hydrogens is 334 g/mol. The molecule has 0 bridgehead atoms. The van der Waals surface area contributed by atoms with Crippen LogP contribution in [0, 0.1) is 0 Å². The van der Waals surface area contributed by atoms with Crippen molar-refractivity contribution in [3.05, 3.63) is 11.1 Å². The summed E-state index contributed by atoms with van der Waals surface area (Å²) in [7, 11) is -3.23. The highest BCUT2D eigenvalue weighted by molar-refractivity contribution is 7.88. The van der Waals surface area contributed by atoms with Crippen molar-refractivity contribution >= 4 is 27.5 Å². The van der Waals surface area contributed by atoms with Gasteiger partial charge in [-0.3, -0.25) is 9.89 Å². The summed E-state index contributed by atoms with van der Waals surface area (Å²) < 4.78 is 29.8. The quantitative estimate of drug-likeness (QED) is 0.690. The lowest BCUT2D eigenvalue weighted by Gasteiger charge is -2.31. The number of rotatable bonds is 6. The van der Waals surface area contributed by atoms with Crippen LogP contribution in [0.1, 0.15) is 12.2 Å². The van der Waals surface area contributed by atoms with E-state index >= 15 is 0 Å². The predicted molar refractivity (Wildman–Crippen MR) is 78.9 cm³/mol. The van der Waals surface area contributed by atoms with E-state index in [0.29, 0.717) is 25.4 Å². The molecular formula is C11H18ClN5O4S. The Kier molecular flexibility index (Phi) is 5.73. The molecule has 0 saturated carbocycles. The first-order chi connectivity index (χ1) is 10.3. The number of amides is 1. The number of aromatic amines is 1. The number of ether oxygens (including phenoxy) is 1. The van der Waals surface area contributed by atoms with Crippen molar-refractivity contribution in [2.45, 2.75) is 18.9 Å². The maximum absolute atomic E-state index is 11.8. The van der Waals surface area contributed by atoms with E-state index in [0.717, 1.165) is 6.26 Å². The normalized spacial score (nSPS) is 20.0. The van der Waals surface area contributed by atoms with Crippen molar-refractivity contribution in [3.63, 3.8) is 0 Å². The lowest BCUT2D eigenvalue weighted by atomic mass is 10.2. The number of aromatic nitrogens is 3. The Labute approximate surface area is 133 Å². The number of halogens is 1. The molecule has 0 aliphatic carbocycles. The third-order valence-electron chi connectivity index (χ3n) is 3.19. The molecule has 1 aromatic rings. The third-order valence-corrected chi connectivity index (χ3v) is 4.63. The topological polar surface area (TPSA) is 117 Å². The molecule has 1 saturated heterocycles. The molecule has 1 aliphatic heterocycles. The summed E-state index contributed by atoms with van der Waals surface area (Å²) in [6, 6.07) is 0. The van der Waals surface area contributed by atoms with Crippen molar-refractivity contribution in [2.75, 3.05) is 32.5 Å². The van der Waals surface area contributed by atoms with Crippen LogP contribution in [0.4, 0.5) is 0 Å². The first-order valence-electron chi connectivity index (χ1n) is 6.75. The summed E-state index contributed by atoms with van der Waals surface area (Å²) in [6.45, 7) is 1.18. The van der Waals surface area contributed by atoms with Crippen LogP contribution in [-0.2, 0) is 26.0 Å². The van der Waals surface area contributed by atoms with Gasteiger partial charge in [0.2, 0.25) is 21.2 Å². The highest BCUT2D eigenvalue weighted by Crippen LogP contribution is 2.08. The number of aryl methyl sites for hydroxylation is 1. The fourth-order valence-corrected chi connectivity index (χ4v) is 3.04. The Morgan fingerprint density at radius 2 is 2.36 bits per heavy atom. The second-order valence-corrected chi connectivity index (χ2v) is 7.29. The summed E-state index contributed by atoms with van der Waals surface area (Å²) in [5.41, 5.74) is 0. The minimum Gasteiger partial charge on any atom is -0.374 e. The Morgan fingerprint density at radius 3 is 3.00 bits per heavy atom. The van der Waals surface area contributed by atoms with Gasteiger partial charge in [0, 0.05) is 32.5 Å². The number of carbonyl (C=O) groups is 1. The molecule has 1 aromatic heterocycles. The van der Waals surface area contributed by atoms with Crippen LogP contribution in [0.15, 0.2) is 0 Å². The number of H-pyrrole nitrogens is 1. The summed E-state index contributed by atoms with van der Waals surface area (Å²) >= 11 is 5.56. The second kappa shape index (κ2) is 7.36. The van der Waals surface area contributed by atoms with E-state index in [1.54, 1.807) is 0 Å². The zero-order valence-electron chi connectivity index (χ0n) is 12.1. The molecule has 22 heavy (non-hydrogen) atoms. The zero-order chi connectivity index (χ0) is 16.2. The maximum atomic E-state index is 11.8. The van der Waals surface area contributed by atoms with E-state index in [-0.39, 0.29) is 36.8 Å². The van der Waals surface area contributed by atoms with Gasteiger partial charge >= 0.3 is 0 Å². The van der Waals surface area contributed by atoms with Gasteiger partial charge in [-0.1, -0.05) is 0 Å². The lowest BCUT2D eigenvalue weighted by Crippen LogP contribution is -2.49. The number of sulfonamides is 1. The lowest BCUT2D eigenvalue weighted by molar-refractivity contribution is -0.122. The first-order valence-corrected chi connectivity index (χ1v) is 8.97. The highest BCUT2D eigenvalue weighted by Gasteiger charge is 2.26. The van der Waals surface area contributed by atoms with Crippen molar-refractivity contribution in [2.24, 2.45) is 0 Å². The number of carbonyl (C=O) groups excluding carboxylic acids is 1. The third kappa shape index (κ3) is 5.20. The van der Waals surface area contributed by atoms with Gasteiger partial charge in [-0.15, -0.1) is 5.10 Å². The molecule has 2 N–H and O–H groups in total. The molecule has 1 fully saturated rings. The molecule has 0 aromatic carbocycles. The van der Waals surface area contributed by atoms with Crippen molar-refractivity contribution < 1.29 is 17.9 Å². The van der Waals surface area contributed by atoms with Crippen molar-refractivity contribution in [1.82, 2.24) is 24.8 Å². The first kappa shape index (κ1) is 17.1. The number of nitrogens with one attached hydrogen (secondary N) is 2. The zero-order valence-corrected chi connectivity index (χ0v) is 13.7. The van der Waals surface area contributed by atoms with Gasteiger partial charge in [0.05, 0.1) is 19.0 Å². The molecule has 0 spiro atoms. The van der Waals surface area contributed by atoms with Crippen LogP contribution in [0.25, 0.3) is 0 Å². The molecule has 2 rings (SSSR count). The van der Waals surface area contributed by atoms with Gasteiger partial charge in [-0.05, 0) is 11.6 Å². The molecule has 11 heteroatoms. The highest BCUT2D eigenvalue weighted by atomic mass is 35.5. The van der Waals surface area contributed by atoms with Crippen LogP contribution in [0.3, 0.4) is 0 Å². The van der Waals surface area contributed by atoms with Crippen LogP contribution >= 0.6 is 11.6 Å². The fraction of sp³-hybridized carbons (Fsp3) is 0.727. The van der Waals surface area contributed by atoms with E-state index in [1.165, 1.54) is 4.31 Å². The van der Waals surface area contributed by atoms with E-state index in [4.69, 9.17) is 16.3 Å². The van der Waals surface area contributed by atoms with Gasteiger partial charge in [0.25, 0.3) is 0 Å². The van der Waals surface area contributed by atoms with Crippen molar-refractivity contribution in [3.8, 4) is 0 Å². The number of hydrogen-bond acceptors (Lipinski definition) is 6. The average molecular weight is 352 g/mol. The van der Waals surface area contributed by atoms with E-state index < -0.39 is 10.0 Å². The van der Waals surface area contributed by atoms with Crippen LogP contribution < -0.4 is 5.32 Å². The average Bonchev–Trinajstić information content (AvgIpc) is 2.88. The Morgan fingerprint density at radius 1 is 1.59 bits per heavy atom. The van der Waals surface area contributed by atoms with Gasteiger partial charge < -0.3 is 10.1 Å². The van der Waals surface area contributed by atoms with Gasteiger partial charge in [-0.25, -0.2) is 13.4 Å². The fourth-order valence-electron chi connectivity index (χ4n) is 2.05. The van der Waals surface area contributed by atoms with E-state index in [2.05, 4.69) is 20.5 Å². The minimum absolute atomic E-state index is 0.117. The largest absolute Gasteiger partial charge is 0.374 e. The molecule has 9 nitrogen and oxygen atoms in total. The number of hydrogen-bond donors (Lipinski definition) is 2.